The number of amides is 1. The van der Waals surface area contributed by atoms with Gasteiger partial charge in [0.15, 0.2) is 0 Å². The normalized spacial score (nSPS) is 20.6. The quantitative estimate of drug-likeness (QED) is 0.874. The molecule has 1 aliphatic rings. The summed E-state index contributed by atoms with van der Waals surface area (Å²) in [5, 5.41) is 12.4. The Hall–Kier alpha value is -2.34. The van der Waals surface area contributed by atoms with Gasteiger partial charge < -0.3 is 10.4 Å². The van der Waals surface area contributed by atoms with Crippen molar-refractivity contribution in [1.82, 2.24) is 10.3 Å². The van der Waals surface area contributed by atoms with Gasteiger partial charge >= 0.3 is 0 Å². The molecule has 2 aromatic rings. The summed E-state index contributed by atoms with van der Waals surface area (Å²) in [7, 11) is 0. The van der Waals surface area contributed by atoms with Crippen molar-refractivity contribution in [3.05, 3.63) is 65.0 Å². The molecule has 1 fully saturated rings. The molecule has 1 unspecified atom stereocenters. The van der Waals surface area contributed by atoms with Crippen molar-refractivity contribution in [1.29, 1.82) is 0 Å². The minimum atomic E-state index is -0.698. The Morgan fingerprint density at radius 1 is 1.32 bits per heavy atom. The van der Waals surface area contributed by atoms with E-state index in [0.717, 1.165) is 11.8 Å². The number of carbonyl (C=O) groups is 1. The number of pyridine rings is 1. The predicted octanol–water partition coefficient (Wildman–Crippen LogP) is 3.16. The summed E-state index contributed by atoms with van der Waals surface area (Å²) < 4.78 is 27.4. The highest BCUT2D eigenvalue weighted by atomic mass is 19.1. The number of aryl methyl sites for hydroxylation is 1. The van der Waals surface area contributed by atoms with Gasteiger partial charge in [-0.2, -0.15) is 0 Å². The van der Waals surface area contributed by atoms with Gasteiger partial charge in [0.2, 0.25) is 0 Å². The minimum Gasteiger partial charge on any atom is -0.393 e. The Bertz CT molecular complexity index is 776. The number of aliphatic hydroxyl groups is 1. The van der Waals surface area contributed by atoms with Crippen molar-refractivity contribution in [3.63, 3.8) is 0 Å². The lowest BCUT2D eigenvalue weighted by Gasteiger charge is -2.38. The molecule has 0 saturated heterocycles. The van der Waals surface area contributed by atoms with E-state index in [-0.39, 0.29) is 17.4 Å². The first-order chi connectivity index (χ1) is 12.0. The van der Waals surface area contributed by atoms with E-state index < -0.39 is 23.8 Å². The molecule has 1 atom stereocenters. The Morgan fingerprint density at radius 3 is 2.72 bits per heavy atom. The second-order valence-corrected chi connectivity index (χ2v) is 6.39. The van der Waals surface area contributed by atoms with Gasteiger partial charge in [0.1, 0.15) is 11.6 Å². The summed E-state index contributed by atoms with van der Waals surface area (Å²) >= 11 is 0. The van der Waals surface area contributed by atoms with E-state index in [4.69, 9.17) is 0 Å². The number of nitrogens with one attached hydrogen (secondary N) is 1. The van der Waals surface area contributed by atoms with Crippen LogP contribution in [0.4, 0.5) is 8.78 Å². The average Bonchev–Trinajstić information content (AvgIpc) is 2.57. The highest BCUT2D eigenvalue weighted by Crippen LogP contribution is 2.39. The first-order valence-corrected chi connectivity index (χ1v) is 8.36. The fraction of sp³-hybridized carbons (Fsp3) is 0.368. The van der Waals surface area contributed by atoms with Crippen LogP contribution >= 0.6 is 0 Å². The van der Waals surface area contributed by atoms with Crippen LogP contribution < -0.4 is 5.32 Å². The topological polar surface area (TPSA) is 62.2 Å². The van der Waals surface area contributed by atoms with Crippen LogP contribution in [0, 0.1) is 17.6 Å². The molecule has 1 aliphatic carbocycles. The summed E-state index contributed by atoms with van der Waals surface area (Å²) in [6, 6.07) is 6.02. The molecule has 0 aliphatic heterocycles. The number of rotatable bonds is 5. The molecule has 3 rings (SSSR count). The van der Waals surface area contributed by atoms with E-state index in [9.17, 15) is 18.7 Å². The summed E-state index contributed by atoms with van der Waals surface area (Å²) in [4.78, 5) is 16.8. The number of hydrogen-bond acceptors (Lipinski definition) is 3. The molecule has 0 radical (unpaired) electrons. The highest BCUT2D eigenvalue weighted by molar-refractivity contribution is 5.94. The fourth-order valence-electron chi connectivity index (χ4n) is 3.14. The monoisotopic (exact) mass is 346 g/mol. The van der Waals surface area contributed by atoms with Gasteiger partial charge in [-0.05, 0) is 43.4 Å². The van der Waals surface area contributed by atoms with Gasteiger partial charge in [-0.3, -0.25) is 9.78 Å². The lowest BCUT2D eigenvalue weighted by Crippen LogP contribution is -2.41. The third-order valence-electron chi connectivity index (χ3n) is 4.65. The van der Waals surface area contributed by atoms with Crippen LogP contribution in [-0.2, 0) is 6.42 Å². The van der Waals surface area contributed by atoms with Crippen LogP contribution in [0.15, 0.2) is 36.5 Å². The Morgan fingerprint density at radius 2 is 2.08 bits per heavy atom. The molecule has 6 heteroatoms. The second-order valence-electron chi connectivity index (χ2n) is 6.39. The zero-order valence-electron chi connectivity index (χ0n) is 13.9. The van der Waals surface area contributed by atoms with Gasteiger partial charge in [-0.25, -0.2) is 8.78 Å². The number of halogens is 2. The molecular weight excluding hydrogens is 326 g/mol. The van der Waals surface area contributed by atoms with E-state index in [2.05, 4.69) is 10.3 Å². The van der Waals surface area contributed by atoms with Crippen LogP contribution in [0.3, 0.4) is 0 Å². The molecule has 1 aromatic carbocycles. The predicted molar refractivity (Wildman–Crippen MR) is 88.9 cm³/mol. The van der Waals surface area contributed by atoms with Crippen molar-refractivity contribution < 1.29 is 18.7 Å². The fourth-order valence-corrected chi connectivity index (χ4v) is 3.14. The Labute approximate surface area is 144 Å². The molecule has 0 spiro atoms. The maximum Gasteiger partial charge on any atom is 0.251 e. The van der Waals surface area contributed by atoms with Crippen LogP contribution in [0.5, 0.6) is 0 Å². The van der Waals surface area contributed by atoms with Crippen molar-refractivity contribution >= 4 is 5.91 Å². The highest BCUT2D eigenvalue weighted by Gasteiger charge is 2.37. The molecule has 1 saturated carbocycles. The number of benzene rings is 1. The smallest absolute Gasteiger partial charge is 0.251 e. The van der Waals surface area contributed by atoms with E-state index >= 15 is 0 Å². The lowest BCUT2D eigenvalue weighted by molar-refractivity contribution is 0.0229. The van der Waals surface area contributed by atoms with Gasteiger partial charge in [0.05, 0.1) is 12.1 Å². The SMILES string of the molecule is CCc1cc(C(=O)NC(c2ccc(F)cc2F)C2CC(O)C2)ccn1. The van der Waals surface area contributed by atoms with Crippen LogP contribution in [0.1, 0.15) is 47.4 Å². The van der Waals surface area contributed by atoms with Crippen molar-refractivity contribution in [2.24, 2.45) is 5.92 Å². The third kappa shape index (κ3) is 3.85. The van der Waals surface area contributed by atoms with E-state index in [1.165, 1.54) is 12.1 Å². The van der Waals surface area contributed by atoms with Gasteiger partial charge in [-0.15, -0.1) is 0 Å². The summed E-state index contributed by atoms with van der Waals surface area (Å²) in [5.74, 6) is -1.80. The number of aliphatic hydroxyl groups excluding tert-OH is 1. The average molecular weight is 346 g/mol. The Balaban J connectivity index is 1.86. The largest absolute Gasteiger partial charge is 0.393 e. The van der Waals surface area contributed by atoms with Crippen LogP contribution in [0.25, 0.3) is 0 Å². The number of carbonyl (C=O) groups excluding carboxylic acids is 1. The van der Waals surface area contributed by atoms with Crippen molar-refractivity contribution in [3.8, 4) is 0 Å². The molecule has 1 heterocycles. The van der Waals surface area contributed by atoms with Gasteiger partial charge in [0.25, 0.3) is 5.91 Å². The molecule has 25 heavy (non-hydrogen) atoms. The van der Waals surface area contributed by atoms with Crippen molar-refractivity contribution in [2.75, 3.05) is 0 Å². The molecule has 1 aromatic heterocycles. The zero-order chi connectivity index (χ0) is 18.0. The first-order valence-electron chi connectivity index (χ1n) is 8.36. The minimum absolute atomic E-state index is 0.0913. The van der Waals surface area contributed by atoms with Gasteiger partial charge in [-0.1, -0.05) is 13.0 Å². The van der Waals surface area contributed by atoms with Gasteiger partial charge in [0, 0.05) is 29.1 Å². The number of nitrogens with zero attached hydrogens (tertiary/aromatic N) is 1. The molecule has 0 bridgehead atoms. The maximum absolute atomic E-state index is 14.2. The Kier molecular flexibility index (Phi) is 5.08. The summed E-state index contributed by atoms with van der Waals surface area (Å²) in [5.41, 5.74) is 1.46. The summed E-state index contributed by atoms with van der Waals surface area (Å²) in [6.07, 6.45) is 2.76. The summed E-state index contributed by atoms with van der Waals surface area (Å²) in [6.45, 7) is 1.94. The molecular formula is C19H20F2N2O2. The molecule has 4 nitrogen and oxygen atoms in total. The van der Waals surface area contributed by atoms with E-state index in [1.807, 2.05) is 6.92 Å². The zero-order valence-corrected chi connectivity index (χ0v) is 13.9. The van der Waals surface area contributed by atoms with Crippen LogP contribution in [-0.4, -0.2) is 22.1 Å². The molecule has 1 amide bonds. The number of hydrogen-bond donors (Lipinski definition) is 2. The van der Waals surface area contributed by atoms with Crippen molar-refractivity contribution in [2.45, 2.75) is 38.3 Å². The van der Waals surface area contributed by atoms with Crippen LogP contribution in [0.2, 0.25) is 0 Å². The molecule has 132 valence electrons. The maximum atomic E-state index is 14.2. The standard InChI is InChI=1S/C19H20F2N2O2/c1-2-14-7-11(5-6-22-14)19(25)23-18(12-8-15(24)9-12)16-4-3-13(20)10-17(16)21/h3-7,10,12,15,18,24H,2,8-9H2,1H3,(H,23,25). The lowest BCUT2D eigenvalue weighted by atomic mass is 9.75. The molecule has 2 N–H and O–H groups in total. The second kappa shape index (κ2) is 7.27. The van der Waals surface area contributed by atoms with E-state index in [0.29, 0.717) is 24.8 Å². The first kappa shape index (κ1) is 17.5. The third-order valence-corrected chi connectivity index (χ3v) is 4.65. The van der Waals surface area contributed by atoms with E-state index in [1.54, 1.807) is 18.3 Å². The number of aromatic nitrogens is 1.